The molecular weight excluding hydrogens is 308 g/mol. The summed E-state index contributed by atoms with van der Waals surface area (Å²) in [5.74, 6) is -0.539. The molecule has 0 bridgehead atoms. The number of benzene rings is 1. The highest BCUT2D eigenvalue weighted by molar-refractivity contribution is 5.95. The van der Waals surface area contributed by atoms with E-state index in [2.05, 4.69) is 10.1 Å². The summed E-state index contributed by atoms with van der Waals surface area (Å²) in [4.78, 5) is 30.7. The lowest BCUT2D eigenvalue weighted by Crippen LogP contribution is -2.48. The second-order valence-electron chi connectivity index (χ2n) is 6.21. The average molecular weight is 326 g/mol. The molecular formula is C17H18N4O3. The van der Waals surface area contributed by atoms with Crippen molar-refractivity contribution in [2.24, 2.45) is 0 Å². The molecule has 0 N–H and O–H groups in total. The normalized spacial score (nSPS) is 23.5. The zero-order valence-corrected chi connectivity index (χ0v) is 13.2. The van der Waals surface area contributed by atoms with Crippen molar-refractivity contribution in [1.82, 2.24) is 19.7 Å². The van der Waals surface area contributed by atoms with Crippen LogP contribution in [0.2, 0.25) is 0 Å². The van der Waals surface area contributed by atoms with Gasteiger partial charge in [-0.15, -0.1) is 0 Å². The zero-order chi connectivity index (χ0) is 16.5. The second-order valence-corrected chi connectivity index (χ2v) is 6.21. The fourth-order valence-electron chi connectivity index (χ4n) is 3.45. The summed E-state index contributed by atoms with van der Waals surface area (Å²) in [5.41, 5.74) is 1.43. The first-order chi connectivity index (χ1) is 11.7. The number of carbonyl (C=O) groups is 2. The van der Waals surface area contributed by atoms with Crippen molar-refractivity contribution in [3.63, 3.8) is 0 Å². The zero-order valence-electron chi connectivity index (χ0n) is 13.2. The van der Waals surface area contributed by atoms with Crippen LogP contribution in [0, 0.1) is 0 Å². The summed E-state index contributed by atoms with van der Waals surface area (Å²) in [6.45, 7) is 1.25. The second kappa shape index (κ2) is 6.07. The van der Waals surface area contributed by atoms with Gasteiger partial charge in [-0.1, -0.05) is 18.2 Å². The van der Waals surface area contributed by atoms with E-state index in [1.165, 1.54) is 6.33 Å². The highest BCUT2D eigenvalue weighted by atomic mass is 16.5. The highest BCUT2D eigenvalue weighted by Crippen LogP contribution is 2.25. The molecule has 0 aliphatic carbocycles. The van der Waals surface area contributed by atoms with Crippen LogP contribution in [0.25, 0.3) is 0 Å². The van der Waals surface area contributed by atoms with Crippen LogP contribution >= 0.6 is 0 Å². The van der Waals surface area contributed by atoms with E-state index in [0.29, 0.717) is 25.1 Å². The Kier molecular flexibility index (Phi) is 3.76. The fourth-order valence-corrected chi connectivity index (χ4v) is 3.45. The maximum Gasteiger partial charge on any atom is 0.339 e. The predicted octanol–water partition coefficient (Wildman–Crippen LogP) is 1.22. The number of amides is 1. The molecule has 124 valence electrons. The number of rotatable bonds is 2. The lowest BCUT2D eigenvalue weighted by Gasteiger charge is -2.35. The van der Waals surface area contributed by atoms with Gasteiger partial charge in [0.15, 0.2) is 6.10 Å². The number of likely N-dealkylation sites (tertiary alicyclic amines) is 1. The molecule has 24 heavy (non-hydrogen) atoms. The molecule has 0 spiro atoms. The van der Waals surface area contributed by atoms with E-state index >= 15 is 0 Å². The molecule has 0 unspecified atom stereocenters. The first kappa shape index (κ1) is 14.9. The Morgan fingerprint density at radius 2 is 2.17 bits per heavy atom. The largest absolute Gasteiger partial charge is 0.448 e. The smallest absolute Gasteiger partial charge is 0.339 e. The van der Waals surface area contributed by atoms with Crippen molar-refractivity contribution in [2.75, 3.05) is 13.1 Å². The van der Waals surface area contributed by atoms with Gasteiger partial charge in [-0.2, -0.15) is 5.10 Å². The summed E-state index contributed by atoms with van der Waals surface area (Å²) in [7, 11) is 0. The third-order valence-corrected chi connectivity index (χ3v) is 4.69. The van der Waals surface area contributed by atoms with Crippen molar-refractivity contribution in [3.05, 3.63) is 48.0 Å². The molecule has 4 rings (SSSR count). The van der Waals surface area contributed by atoms with E-state index in [0.717, 1.165) is 18.4 Å². The minimum atomic E-state index is -0.734. The van der Waals surface area contributed by atoms with Crippen LogP contribution in [0.3, 0.4) is 0 Å². The standard InChI is InChI=1S/C17H18N4O3/c22-16(15-8-12-4-1-2-6-14(12)17(23)24-15)20-7-3-5-13(9-20)21-11-18-10-19-21/h1-2,4,6,10-11,13,15H,3,5,7-9H2/t13-,15-/m0/s1. The molecule has 2 atom stereocenters. The highest BCUT2D eigenvalue weighted by Gasteiger charge is 2.35. The van der Waals surface area contributed by atoms with Crippen LogP contribution in [0.5, 0.6) is 0 Å². The molecule has 1 saturated heterocycles. The summed E-state index contributed by atoms with van der Waals surface area (Å²) < 4.78 is 7.18. The third-order valence-electron chi connectivity index (χ3n) is 4.69. The molecule has 1 amide bonds. The van der Waals surface area contributed by atoms with Crippen molar-refractivity contribution in [1.29, 1.82) is 0 Å². The molecule has 1 fully saturated rings. The number of aromatic nitrogens is 3. The van der Waals surface area contributed by atoms with E-state index in [1.807, 2.05) is 12.1 Å². The molecule has 3 heterocycles. The number of piperidine rings is 1. The summed E-state index contributed by atoms with van der Waals surface area (Å²) in [6, 6.07) is 7.41. The van der Waals surface area contributed by atoms with Gasteiger partial charge < -0.3 is 9.64 Å². The fraction of sp³-hybridized carbons (Fsp3) is 0.412. The number of hydrogen-bond acceptors (Lipinski definition) is 5. The first-order valence-electron chi connectivity index (χ1n) is 8.14. The van der Waals surface area contributed by atoms with Gasteiger partial charge >= 0.3 is 5.97 Å². The Labute approximate surface area is 139 Å². The van der Waals surface area contributed by atoms with Crippen molar-refractivity contribution in [2.45, 2.75) is 31.4 Å². The van der Waals surface area contributed by atoms with Gasteiger partial charge in [0.25, 0.3) is 5.91 Å². The number of carbonyl (C=O) groups excluding carboxylic acids is 2. The number of nitrogens with zero attached hydrogens (tertiary/aromatic N) is 4. The minimum absolute atomic E-state index is 0.122. The van der Waals surface area contributed by atoms with Crippen LogP contribution < -0.4 is 0 Å². The SMILES string of the molecule is O=C1O[C@H](C(=O)N2CCC[C@H](n3cncn3)C2)Cc2ccccc21. The van der Waals surface area contributed by atoms with Crippen LogP contribution in [-0.4, -0.2) is 50.7 Å². The Morgan fingerprint density at radius 3 is 3.00 bits per heavy atom. The molecule has 1 aromatic carbocycles. The van der Waals surface area contributed by atoms with Gasteiger partial charge in [0.2, 0.25) is 0 Å². The summed E-state index contributed by atoms with van der Waals surface area (Å²) >= 11 is 0. The van der Waals surface area contributed by atoms with E-state index in [-0.39, 0.29) is 11.9 Å². The Hall–Kier alpha value is -2.70. The van der Waals surface area contributed by atoms with Crippen molar-refractivity contribution in [3.8, 4) is 0 Å². The van der Waals surface area contributed by atoms with E-state index in [9.17, 15) is 9.59 Å². The molecule has 2 aliphatic heterocycles. The maximum atomic E-state index is 12.8. The molecule has 2 aromatic rings. The predicted molar refractivity (Wildman–Crippen MR) is 84.2 cm³/mol. The molecule has 0 radical (unpaired) electrons. The summed E-state index contributed by atoms with van der Waals surface area (Å²) in [6.07, 6.45) is 4.73. The van der Waals surface area contributed by atoms with Crippen LogP contribution in [0.15, 0.2) is 36.9 Å². The number of fused-ring (bicyclic) bond motifs is 1. The van der Waals surface area contributed by atoms with Crippen LogP contribution in [0.4, 0.5) is 0 Å². The average Bonchev–Trinajstić information content (AvgIpc) is 3.16. The Morgan fingerprint density at radius 1 is 1.29 bits per heavy atom. The van der Waals surface area contributed by atoms with Gasteiger partial charge in [-0.05, 0) is 24.5 Å². The topological polar surface area (TPSA) is 77.3 Å². The molecule has 1 aromatic heterocycles. The minimum Gasteiger partial charge on any atom is -0.448 e. The van der Waals surface area contributed by atoms with Gasteiger partial charge in [0.1, 0.15) is 12.7 Å². The maximum absolute atomic E-state index is 12.8. The molecule has 7 heteroatoms. The van der Waals surface area contributed by atoms with Gasteiger partial charge in [0.05, 0.1) is 11.6 Å². The number of hydrogen-bond donors (Lipinski definition) is 0. The number of cyclic esters (lactones) is 1. The monoisotopic (exact) mass is 326 g/mol. The third kappa shape index (κ3) is 2.66. The van der Waals surface area contributed by atoms with Crippen LogP contribution in [-0.2, 0) is 16.0 Å². The van der Waals surface area contributed by atoms with E-state index in [4.69, 9.17) is 4.74 Å². The molecule has 7 nitrogen and oxygen atoms in total. The van der Waals surface area contributed by atoms with Crippen LogP contribution in [0.1, 0.15) is 34.8 Å². The quantitative estimate of drug-likeness (QED) is 0.776. The van der Waals surface area contributed by atoms with Gasteiger partial charge in [-0.3, -0.25) is 4.79 Å². The first-order valence-corrected chi connectivity index (χ1v) is 8.14. The van der Waals surface area contributed by atoms with E-state index < -0.39 is 12.1 Å². The lowest BCUT2D eigenvalue weighted by atomic mass is 9.97. The lowest BCUT2D eigenvalue weighted by molar-refractivity contribution is -0.142. The molecule has 0 saturated carbocycles. The molecule has 2 aliphatic rings. The summed E-state index contributed by atoms with van der Waals surface area (Å²) in [5, 5.41) is 4.17. The van der Waals surface area contributed by atoms with Gasteiger partial charge in [-0.25, -0.2) is 14.5 Å². The Bertz CT molecular complexity index is 759. The number of ether oxygens (including phenoxy) is 1. The van der Waals surface area contributed by atoms with Crippen molar-refractivity contribution >= 4 is 11.9 Å². The Balaban J connectivity index is 1.49. The van der Waals surface area contributed by atoms with Crippen molar-refractivity contribution < 1.29 is 14.3 Å². The number of esters is 1. The van der Waals surface area contributed by atoms with E-state index in [1.54, 1.807) is 28.0 Å². The van der Waals surface area contributed by atoms with Gasteiger partial charge in [0, 0.05) is 19.5 Å².